The molecule has 0 amide bonds. The molecule has 260 valence electrons. The van der Waals surface area contributed by atoms with Crippen LogP contribution in [-0.2, 0) is 19.6 Å². The van der Waals surface area contributed by atoms with Crippen molar-refractivity contribution in [2.45, 2.75) is 201 Å². The first kappa shape index (κ1) is 44.5. The molecule has 1 atom stereocenters. The molecule has 0 bridgehead atoms. The van der Waals surface area contributed by atoms with Crippen LogP contribution in [0, 0.1) is 0 Å². The smallest absolute Gasteiger partial charge is 0.306 e. The molecule has 1 unspecified atom stereocenters. The van der Waals surface area contributed by atoms with E-state index in [0.29, 0.717) is 12.7 Å². The van der Waals surface area contributed by atoms with Crippen molar-refractivity contribution < 1.29 is 22.5 Å². The third-order valence-electron chi connectivity index (χ3n) is 8.03. The van der Waals surface area contributed by atoms with E-state index in [2.05, 4.69) is 32.6 Å². The maximum atomic E-state index is 12.7. The average Bonchev–Trinajstić information content (AvgIpc) is 2.95. The monoisotopic (exact) mass is 634 g/mol. The van der Waals surface area contributed by atoms with Crippen LogP contribution in [-0.4, -0.2) is 55.8 Å². The molecule has 6 nitrogen and oxygen atoms in total. The zero-order valence-corrected chi connectivity index (χ0v) is 30.3. The van der Waals surface area contributed by atoms with Crippen LogP contribution >= 0.6 is 0 Å². The first-order chi connectivity index (χ1) is 20.7. The van der Waals surface area contributed by atoms with Crippen LogP contribution in [0.25, 0.3) is 0 Å². The number of esters is 1. The number of nitrogens with zero attached hydrogens (tertiary/aromatic N) is 1. The third kappa shape index (κ3) is 41.3. The molecule has 0 rings (SSSR count). The van der Waals surface area contributed by atoms with Gasteiger partial charge in [-0.3, -0.25) is 14.2 Å². The quantitative estimate of drug-likeness (QED) is 0.0464. The highest BCUT2D eigenvalue weighted by Gasteiger charge is 2.18. The van der Waals surface area contributed by atoms with Gasteiger partial charge in [0, 0.05) is 13.0 Å². The molecule has 0 spiro atoms. The maximum absolute atomic E-state index is 12.7. The lowest BCUT2D eigenvalue weighted by atomic mass is 10.0. The van der Waals surface area contributed by atoms with Crippen LogP contribution in [0.4, 0.5) is 0 Å². The minimum atomic E-state index is -3.67. The van der Waals surface area contributed by atoms with Gasteiger partial charge >= 0.3 is 5.97 Å². The number of hydrogen-bond donors (Lipinski definition) is 1. The van der Waals surface area contributed by atoms with Crippen LogP contribution in [0.15, 0.2) is 0 Å². The lowest BCUT2D eigenvalue weighted by Crippen LogP contribution is -2.36. The van der Waals surface area contributed by atoms with Crippen molar-refractivity contribution in [2.75, 3.05) is 25.9 Å². The summed E-state index contributed by atoms with van der Waals surface area (Å²) in [5.41, 5.74) is 0. The molecule has 0 aliphatic heterocycles. The number of rotatable bonds is 31. The van der Waals surface area contributed by atoms with E-state index in [1.807, 2.05) is 0 Å². The third-order valence-corrected chi connectivity index (χ3v) is 8.03. The summed E-state index contributed by atoms with van der Waals surface area (Å²) >= 11 is 0. The maximum Gasteiger partial charge on any atom is 0.306 e. The fourth-order valence-electron chi connectivity index (χ4n) is 5.39. The number of unbranched alkanes of at least 4 members (excludes halogenated alkanes) is 20. The Labute approximate surface area is 269 Å². The first-order valence-corrected chi connectivity index (χ1v) is 20.4. The molecule has 0 aromatic carbocycles. The number of hydrogen-bond acceptors (Lipinski definition) is 5. The molecule has 0 saturated carbocycles. The van der Waals surface area contributed by atoms with Gasteiger partial charge in [0.15, 0.2) is 0 Å². The molecular formula is C36H75NO5S. The van der Waals surface area contributed by atoms with Crippen molar-refractivity contribution in [3.05, 3.63) is 0 Å². The topological polar surface area (TPSA) is 83.9 Å². The first-order valence-electron chi connectivity index (χ1n) is 18.5. The highest BCUT2D eigenvalue weighted by Crippen LogP contribution is 2.16. The van der Waals surface area contributed by atoms with Crippen molar-refractivity contribution in [2.24, 2.45) is 0 Å². The highest BCUT2D eigenvalue weighted by atomic mass is 32.2. The second kappa shape index (κ2) is 34.2. The van der Waals surface area contributed by atoms with Gasteiger partial charge in [0.1, 0.15) is 6.10 Å². The van der Waals surface area contributed by atoms with Gasteiger partial charge in [-0.25, -0.2) is 0 Å². The Kier molecular flexibility index (Phi) is 35.4. The zero-order chi connectivity index (χ0) is 32.4. The van der Waals surface area contributed by atoms with Crippen molar-refractivity contribution >= 4 is 16.1 Å². The summed E-state index contributed by atoms with van der Waals surface area (Å²) in [4.78, 5) is 15.3. The van der Waals surface area contributed by atoms with Gasteiger partial charge in [0.25, 0.3) is 10.1 Å². The lowest BCUT2D eigenvalue weighted by molar-refractivity contribution is -0.150. The van der Waals surface area contributed by atoms with Crippen molar-refractivity contribution in [1.29, 1.82) is 0 Å². The summed E-state index contributed by atoms with van der Waals surface area (Å²) in [6.07, 6.45) is 33.9. The summed E-state index contributed by atoms with van der Waals surface area (Å²) in [6.45, 7) is 12.3. The molecule has 43 heavy (non-hydrogen) atoms. The SMILES string of the molecule is CCCCCCCCCCCCCC(CN(CCCC)CCCC)OC(=O)CCCCCCCCCCC.CS(=O)(=O)O. The summed E-state index contributed by atoms with van der Waals surface area (Å²) < 4.78 is 32.0. The van der Waals surface area contributed by atoms with Crippen LogP contribution in [0.5, 0.6) is 0 Å². The highest BCUT2D eigenvalue weighted by molar-refractivity contribution is 7.85. The minimum absolute atomic E-state index is 0.0481. The van der Waals surface area contributed by atoms with Gasteiger partial charge in [-0.2, -0.15) is 8.42 Å². The van der Waals surface area contributed by atoms with E-state index in [1.165, 1.54) is 148 Å². The summed E-state index contributed by atoms with van der Waals surface area (Å²) in [6, 6.07) is 0. The molecule has 0 aliphatic carbocycles. The second-order valence-corrected chi connectivity index (χ2v) is 14.2. The van der Waals surface area contributed by atoms with E-state index < -0.39 is 10.1 Å². The van der Waals surface area contributed by atoms with E-state index in [9.17, 15) is 13.2 Å². The van der Waals surface area contributed by atoms with Crippen molar-refractivity contribution in [3.8, 4) is 0 Å². The van der Waals surface area contributed by atoms with E-state index in [4.69, 9.17) is 9.29 Å². The Hall–Kier alpha value is -0.660. The average molecular weight is 634 g/mol. The van der Waals surface area contributed by atoms with Crippen LogP contribution in [0.1, 0.15) is 195 Å². The molecule has 7 heteroatoms. The Morgan fingerprint density at radius 3 is 1.28 bits per heavy atom. The van der Waals surface area contributed by atoms with E-state index in [-0.39, 0.29) is 12.1 Å². The van der Waals surface area contributed by atoms with Crippen LogP contribution < -0.4 is 0 Å². The molecule has 0 aromatic rings. The molecule has 0 fully saturated rings. The van der Waals surface area contributed by atoms with Crippen LogP contribution in [0.3, 0.4) is 0 Å². The Morgan fingerprint density at radius 2 is 0.907 bits per heavy atom. The standard InChI is InChI=1S/C35H71NO2.CH4O3S/c1-5-9-13-15-17-19-20-22-23-25-27-29-34(33-36(31-11-7-3)32-12-8-4)38-35(37)30-28-26-24-21-18-16-14-10-6-2;1-5(2,3)4/h34H,5-33H2,1-4H3;1H3,(H,2,3,4). The zero-order valence-electron chi connectivity index (χ0n) is 29.5. The van der Waals surface area contributed by atoms with Gasteiger partial charge in [0.05, 0.1) is 6.26 Å². The van der Waals surface area contributed by atoms with Gasteiger partial charge in [-0.1, -0.05) is 156 Å². The summed E-state index contributed by atoms with van der Waals surface area (Å²) in [5.74, 6) is 0.0481. The largest absolute Gasteiger partial charge is 0.461 e. The molecule has 1 N–H and O–H groups in total. The normalized spacial score (nSPS) is 12.3. The summed E-state index contributed by atoms with van der Waals surface area (Å²) in [7, 11) is -3.67. The van der Waals surface area contributed by atoms with Gasteiger partial charge < -0.3 is 4.74 Å². The molecule has 0 aromatic heterocycles. The molecule has 0 radical (unpaired) electrons. The fraction of sp³-hybridized carbons (Fsp3) is 0.972. The fourth-order valence-corrected chi connectivity index (χ4v) is 5.39. The number of carbonyl (C=O) groups is 1. The molecule has 0 saturated heterocycles. The lowest BCUT2D eigenvalue weighted by Gasteiger charge is -2.27. The minimum Gasteiger partial charge on any atom is -0.461 e. The Balaban J connectivity index is 0. The Morgan fingerprint density at radius 1 is 0.581 bits per heavy atom. The molecular weight excluding hydrogens is 558 g/mol. The van der Waals surface area contributed by atoms with E-state index >= 15 is 0 Å². The Bertz CT molecular complexity index is 655. The van der Waals surface area contributed by atoms with Gasteiger partial charge in [0.2, 0.25) is 0 Å². The van der Waals surface area contributed by atoms with E-state index in [0.717, 1.165) is 32.5 Å². The van der Waals surface area contributed by atoms with Gasteiger partial charge in [-0.15, -0.1) is 0 Å². The second-order valence-electron chi connectivity index (χ2n) is 12.8. The number of carbonyl (C=O) groups excluding carboxylic acids is 1. The molecule has 0 aliphatic rings. The molecule has 0 heterocycles. The predicted octanol–water partition coefficient (Wildman–Crippen LogP) is 10.9. The van der Waals surface area contributed by atoms with Crippen LogP contribution in [0.2, 0.25) is 0 Å². The summed E-state index contributed by atoms with van der Waals surface area (Å²) in [5, 5.41) is 0. The predicted molar refractivity (Wildman–Crippen MR) is 187 cm³/mol. The van der Waals surface area contributed by atoms with Crippen molar-refractivity contribution in [1.82, 2.24) is 4.90 Å². The van der Waals surface area contributed by atoms with E-state index in [1.54, 1.807) is 0 Å². The number of ether oxygens (including phenoxy) is 1. The van der Waals surface area contributed by atoms with Crippen molar-refractivity contribution in [3.63, 3.8) is 0 Å². The van der Waals surface area contributed by atoms with Gasteiger partial charge in [-0.05, 0) is 45.2 Å².